The summed E-state index contributed by atoms with van der Waals surface area (Å²) in [5.74, 6) is 1.64. The number of benzene rings is 1. The lowest BCUT2D eigenvalue weighted by atomic mass is 10.0. The van der Waals surface area contributed by atoms with E-state index < -0.39 is 0 Å². The van der Waals surface area contributed by atoms with E-state index in [-0.39, 0.29) is 11.9 Å². The van der Waals surface area contributed by atoms with Crippen molar-refractivity contribution in [1.29, 1.82) is 0 Å². The molecule has 0 aliphatic carbocycles. The highest BCUT2D eigenvalue weighted by molar-refractivity contribution is 5.76. The van der Waals surface area contributed by atoms with Gasteiger partial charge in [-0.15, -0.1) is 0 Å². The summed E-state index contributed by atoms with van der Waals surface area (Å²) in [6, 6.07) is 7.81. The molecule has 124 valence electrons. The Balaban J connectivity index is 1.94. The van der Waals surface area contributed by atoms with Gasteiger partial charge in [0, 0.05) is 12.0 Å². The van der Waals surface area contributed by atoms with E-state index in [1.807, 2.05) is 38.1 Å². The predicted octanol–water partition coefficient (Wildman–Crippen LogP) is 3.50. The van der Waals surface area contributed by atoms with Crippen molar-refractivity contribution in [2.45, 2.75) is 46.1 Å². The summed E-state index contributed by atoms with van der Waals surface area (Å²) in [6.07, 6.45) is 1.91. The van der Waals surface area contributed by atoms with Gasteiger partial charge in [-0.2, -0.15) is 0 Å². The van der Waals surface area contributed by atoms with Gasteiger partial charge in [-0.1, -0.05) is 24.2 Å². The molecule has 0 fully saturated rings. The molecule has 1 unspecified atom stereocenters. The fourth-order valence-corrected chi connectivity index (χ4v) is 2.62. The average molecular weight is 316 g/mol. The minimum Gasteiger partial charge on any atom is -0.497 e. The third kappa shape index (κ3) is 4.34. The van der Waals surface area contributed by atoms with Crippen LogP contribution in [-0.4, -0.2) is 18.2 Å². The molecule has 0 saturated heterocycles. The van der Waals surface area contributed by atoms with Gasteiger partial charge in [0.15, 0.2) is 0 Å². The first-order valence-corrected chi connectivity index (χ1v) is 7.90. The predicted molar refractivity (Wildman–Crippen MR) is 88.5 cm³/mol. The number of hydrogen-bond donors (Lipinski definition) is 1. The molecule has 2 rings (SSSR count). The molecular formula is C18H24N2O3. The van der Waals surface area contributed by atoms with E-state index >= 15 is 0 Å². The zero-order chi connectivity index (χ0) is 16.8. The van der Waals surface area contributed by atoms with E-state index in [9.17, 15) is 4.79 Å². The topological polar surface area (TPSA) is 64.4 Å². The summed E-state index contributed by atoms with van der Waals surface area (Å²) < 4.78 is 10.3. The summed E-state index contributed by atoms with van der Waals surface area (Å²) in [7, 11) is 1.64. The molecule has 0 saturated carbocycles. The Morgan fingerprint density at radius 2 is 2.00 bits per heavy atom. The van der Waals surface area contributed by atoms with Gasteiger partial charge in [-0.3, -0.25) is 4.79 Å². The Hall–Kier alpha value is -2.30. The van der Waals surface area contributed by atoms with Crippen LogP contribution < -0.4 is 10.1 Å². The summed E-state index contributed by atoms with van der Waals surface area (Å²) in [5.41, 5.74) is 2.97. The van der Waals surface area contributed by atoms with Crippen LogP contribution in [0.2, 0.25) is 0 Å². The monoisotopic (exact) mass is 316 g/mol. The molecule has 1 aromatic heterocycles. The first kappa shape index (κ1) is 17.1. The van der Waals surface area contributed by atoms with Crippen LogP contribution in [-0.2, 0) is 11.2 Å². The van der Waals surface area contributed by atoms with Gasteiger partial charge in [0.2, 0.25) is 5.91 Å². The molecule has 0 bridgehead atoms. The number of hydrogen-bond acceptors (Lipinski definition) is 4. The van der Waals surface area contributed by atoms with Crippen molar-refractivity contribution in [3.8, 4) is 5.75 Å². The van der Waals surface area contributed by atoms with Gasteiger partial charge in [0.25, 0.3) is 0 Å². The van der Waals surface area contributed by atoms with Crippen molar-refractivity contribution in [3.05, 3.63) is 46.8 Å². The van der Waals surface area contributed by atoms with E-state index in [0.29, 0.717) is 12.8 Å². The Bertz CT molecular complexity index is 627. The number of carbonyl (C=O) groups excluding carboxylic acids is 1. The Morgan fingerprint density at radius 1 is 1.30 bits per heavy atom. The van der Waals surface area contributed by atoms with Crippen LogP contribution in [0.4, 0.5) is 0 Å². The maximum atomic E-state index is 12.2. The summed E-state index contributed by atoms with van der Waals surface area (Å²) in [6.45, 7) is 5.83. The largest absolute Gasteiger partial charge is 0.497 e. The van der Waals surface area contributed by atoms with E-state index in [1.165, 1.54) is 0 Å². The number of aryl methyl sites for hydroxylation is 2. The van der Waals surface area contributed by atoms with Gasteiger partial charge in [-0.25, -0.2) is 0 Å². The van der Waals surface area contributed by atoms with Gasteiger partial charge >= 0.3 is 0 Å². The average Bonchev–Trinajstić information content (AvgIpc) is 2.89. The molecule has 5 heteroatoms. The Kier molecular flexibility index (Phi) is 5.79. The molecule has 1 heterocycles. The molecule has 1 aromatic carbocycles. The molecule has 0 aliphatic heterocycles. The molecule has 23 heavy (non-hydrogen) atoms. The summed E-state index contributed by atoms with van der Waals surface area (Å²) in [5, 5.41) is 7.01. The Labute approximate surface area is 137 Å². The quantitative estimate of drug-likeness (QED) is 0.849. The van der Waals surface area contributed by atoms with E-state index in [1.54, 1.807) is 7.11 Å². The SMILES string of the molecule is CCC(NC(=O)CCc1c(C)noc1C)c1ccc(OC)cc1. The van der Waals surface area contributed by atoms with Crippen LogP contribution in [0, 0.1) is 13.8 Å². The van der Waals surface area contributed by atoms with Crippen molar-refractivity contribution in [2.24, 2.45) is 0 Å². The number of nitrogens with one attached hydrogen (secondary N) is 1. The highest BCUT2D eigenvalue weighted by Gasteiger charge is 2.15. The normalized spacial score (nSPS) is 12.0. The molecule has 0 aliphatic rings. The van der Waals surface area contributed by atoms with Crippen LogP contribution in [0.15, 0.2) is 28.8 Å². The number of amides is 1. The molecule has 1 atom stereocenters. The van der Waals surface area contributed by atoms with Gasteiger partial charge in [-0.05, 0) is 44.4 Å². The molecule has 1 amide bonds. The second-order valence-electron chi connectivity index (χ2n) is 5.60. The second-order valence-corrected chi connectivity index (χ2v) is 5.60. The number of aromatic nitrogens is 1. The van der Waals surface area contributed by atoms with Crippen LogP contribution >= 0.6 is 0 Å². The highest BCUT2D eigenvalue weighted by atomic mass is 16.5. The molecule has 2 aromatic rings. The maximum Gasteiger partial charge on any atom is 0.220 e. The summed E-state index contributed by atoms with van der Waals surface area (Å²) in [4.78, 5) is 12.2. The maximum absolute atomic E-state index is 12.2. The van der Waals surface area contributed by atoms with Crippen molar-refractivity contribution in [3.63, 3.8) is 0 Å². The number of methoxy groups -OCH3 is 1. The highest BCUT2D eigenvalue weighted by Crippen LogP contribution is 2.20. The van der Waals surface area contributed by atoms with Gasteiger partial charge in [0.05, 0.1) is 18.8 Å². The first-order valence-electron chi connectivity index (χ1n) is 7.90. The standard InChI is InChI=1S/C18H24N2O3/c1-5-17(14-6-8-15(22-4)9-7-14)19-18(21)11-10-16-12(2)20-23-13(16)3/h6-9,17H,5,10-11H2,1-4H3,(H,19,21). The van der Waals surface area contributed by atoms with E-state index in [4.69, 9.17) is 9.26 Å². The number of rotatable bonds is 7. The van der Waals surface area contributed by atoms with Crippen LogP contribution in [0.25, 0.3) is 0 Å². The third-order valence-electron chi connectivity index (χ3n) is 4.04. The lowest BCUT2D eigenvalue weighted by molar-refractivity contribution is -0.121. The Morgan fingerprint density at radius 3 is 2.52 bits per heavy atom. The summed E-state index contributed by atoms with van der Waals surface area (Å²) >= 11 is 0. The molecule has 1 N–H and O–H groups in total. The van der Waals surface area contributed by atoms with Crippen molar-refractivity contribution >= 4 is 5.91 Å². The lowest BCUT2D eigenvalue weighted by Gasteiger charge is -2.18. The van der Waals surface area contributed by atoms with Gasteiger partial charge in [0.1, 0.15) is 11.5 Å². The number of nitrogens with zero attached hydrogens (tertiary/aromatic N) is 1. The lowest BCUT2D eigenvalue weighted by Crippen LogP contribution is -2.28. The van der Waals surface area contributed by atoms with Gasteiger partial charge < -0.3 is 14.6 Å². The number of carbonyl (C=O) groups is 1. The van der Waals surface area contributed by atoms with Crippen LogP contribution in [0.5, 0.6) is 5.75 Å². The fourth-order valence-electron chi connectivity index (χ4n) is 2.62. The molecule has 0 radical (unpaired) electrons. The fraction of sp³-hybridized carbons (Fsp3) is 0.444. The molecule has 5 nitrogen and oxygen atoms in total. The zero-order valence-corrected chi connectivity index (χ0v) is 14.2. The van der Waals surface area contributed by atoms with Crippen molar-refractivity contribution < 1.29 is 14.1 Å². The number of ether oxygens (including phenoxy) is 1. The van der Waals surface area contributed by atoms with Crippen LogP contribution in [0.1, 0.15) is 48.4 Å². The smallest absolute Gasteiger partial charge is 0.220 e. The van der Waals surface area contributed by atoms with E-state index in [0.717, 1.165) is 34.8 Å². The minimum absolute atomic E-state index is 0.0121. The minimum atomic E-state index is 0.0121. The second kappa shape index (κ2) is 7.81. The third-order valence-corrected chi connectivity index (χ3v) is 4.04. The van der Waals surface area contributed by atoms with Crippen molar-refractivity contribution in [1.82, 2.24) is 10.5 Å². The van der Waals surface area contributed by atoms with Crippen LogP contribution in [0.3, 0.4) is 0 Å². The first-order chi connectivity index (χ1) is 11.0. The molecule has 0 spiro atoms. The molecular weight excluding hydrogens is 292 g/mol. The van der Waals surface area contributed by atoms with Crippen molar-refractivity contribution in [2.75, 3.05) is 7.11 Å². The van der Waals surface area contributed by atoms with E-state index in [2.05, 4.69) is 17.4 Å². The zero-order valence-electron chi connectivity index (χ0n) is 14.2.